The van der Waals surface area contributed by atoms with E-state index in [1.807, 2.05) is 0 Å². The van der Waals surface area contributed by atoms with Gasteiger partial charge in [0.05, 0.1) is 0 Å². The van der Waals surface area contributed by atoms with E-state index >= 15 is 0 Å². The van der Waals surface area contributed by atoms with Gasteiger partial charge in [0, 0.05) is 0 Å². The molecule has 0 aromatic heterocycles. The van der Waals surface area contributed by atoms with Gasteiger partial charge in [0.15, 0.2) is 5.78 Å². The second kappa shape index (κ2) is 4.48. The lowest BCUT2D eigenvalue weighted by Crippen LogP contribution is -2.36. The zero-order chi connectivity index (χ0) is 10.7. The number of carbonyl (C=O) groups excluding carboxylic acids is 1. The molecule has 0 aromatic carbocycles. The third kappa shape index (κ3) is 2.31. The third-order valence-corrected chi connectivity index (χ3v) is 3.69. The molecule has 1 saturated carbocycles. The summed E-state index contributed by atoms with van der Waals surface area (Å²) in [4.78, 5) is 12.2. The second-order valence-corrected chi connectivity index (χ2v) is 4.90. The van der Waals surface area contributed by atoms with Gasteiger partial charge in [-0.1, -0.05) is 12.5 Å². The first-order chi connectivity index (χ1) is 7.22. The van der Waals surface area contributed by atoms with Crippen LogP contribution in [0, 0.1) is 0 Å². The molecule has 0 radical (unpaired) electrons. The quantitative estimate of drug-likeness (QED) is 0.757. The molecule has 0 aliphatic heterocycles. The maximum Gasteiger partial charge on any atom is 0.189 e. The van der Waals surface area contributed by atoms with Gasteiger partial charge in [-0.3, -0.25) is 4.79 Å². The number of carbonyl (C=O) groups is 1. The Hall–Kier alpha value is -0.630. The van der Waals surface area contributed by atoms with Crippen molar-refractivity contribution in [2.45, 2.75) is 63.4 Å². The molecule has 1 fully saturated rings. The molecule has 84 valence electrons. The number of allylic oxidation sites excluding steroid dienone is 1. The maximum atomic E-state index is 12.2. The van der Waals surface area contributed by atoms with Gasteiger partial charge in [0.2, 0.25) is 0 Å². The number of ketones is 1. The molecule has 2 aliphatic rings. The minimum Gasteiger partial charge on any atom is -0.382 e. The number of hydrogen-bond donors (Lipinski definition) is 1. The third-order valence-electron chi connectivity index (χ3n) is 3.69. The van der Waals surface area contributed by atoms with E-state index in [4.69, 9.17) is 0 Å². The van der Waals surface area contributed by atoms with Crippen molar-refractivity contribution in [2.75, 3.05) is 0 Å². The average molecular weight is 208 g/mol. The molecule has 0 atom stereocenters. The van der Waals surface area contributed by atoms with Gasteiger partial charge in [-0.15, -0.1) is 0 Å². The Kier molecular flexibility index (Phi) is 3.25. The lowest BCUT2D eigenvalue weighted by molar-refractivity contribution is -0.132. The van der Waals surface area contributed by atoms with E-state index < -0.39 is 5.60 Å². The Morgan fingerprint density at radius 1 is 1.13 bits per heavy atom. The summed E-state index contributed by atoms with van der Waals surface area (Å²) in [6.07, 6.45) is 10.8. The molecule has 0 saturated heterocycles. The topological polar surface area (TPSA) is 37.3 Å². The average Bonchev–Trinajstić information content (AvgIpc) is 2.54. The molecule has 2 heteroatoms. The maximum absolute atomic E-state index is 12.2. The number of aliphatic hydroxyl groups is 1. The molecule has 0 spiro atoms. The highest BCUT2D eigenvalue weighted by Gasteiger charge is 2.39. The van der Waals surface area contributed by atoms with Gasteiger partial charge < -0.3 is 5.11 Å². The molecule has 0 aromatic rings. The summed E-state index contributed by atoms with van der Waals surface area (Å²) in [5.74, 6) is 0.0295. The largest absolute Gasteiger partial charge is 0.382 e. The number of rotatable bonds is 2. The van der Waals surface area contributed by atoms with Crippen LogP contribution >= 0.6 is 0 Å². The number of Topliss-reactive ketones (excluding diaryl/α,β-unsaturated/α-hetero) is 1. The molecular weight excluding hydrogens is 188 g/mol. The Balaban J connectivity index is 2.08. The highest BCUT2D eigenvalue weighted by molar-refractivity contribution is 6.01. The van der Waals surface area contributed by atoms with Gasteiger partial charge in [-0.2, -0.15) is 0 Å². The van der Waals surface area contributed by atoms with E-state index in [1.54, 1.807) is 0 Å². The first kappa shape index (κ1) is 10.9. The molecule has 2 nitrogen and oxygen atoms in total. The molecule has 15 heavy (non-hydrogen) atoms. The Labute approximate surface area is 91.4 Å². The fourth-order valence-electron chi connectivity index (χ4n) is 2.71. The molecule has 0 bridgehead atoms. The Bertz CT molecular complexity index is 272. The first-order valence-electron chi connectivity index (χ1n) is 6.19. The molecule has 0 heterocycles. The van der Waals surface area contributed by atoms with E-state index in [0.29, 0.717) is 12.8 Å². The van der Waals surface area contributed by atoms with E-state index in [2.05, 4.69) is 6.08 Å². The van der Waals surface area contributed by atoms with Crippen LogP contribution in [-0.4, -0.2) is 16.5 Å². The summed E-state index contributed by atoms with van der Waals surface area (Å²) in [6, 6.07) is 0. The standard InChI is InChI=1S/C13H20O2/c14-12(13(15)9-5-6-10-13)11-7-3-1-2-4-8-11/h7,15H,1-6,8-10H2. The highest BCUT2D eigenvalue weighted by atomic mass is 16.3. The van der Waals surface area contributed by atoms with Crippen LogP contribution in [0.25, 0.3) is 0 Å². The normalized spacial score (nSPS) is 25.8. The lowest BCUT2D eigenvalue weighted by Gasteiger charge is -2.21. The van der Waals surface area contributed by atoms with Crippen LogP contribution in [-0.2, 0) is 4.79 Å². The summed E-state index contributed by atoms with van der Waals surface area (Å²) in [5, 5.41) is 10.2. The summed E-state index contributed by atoms with van der Waals surface area (Å²) in [6.45, 7) is 0. The van der Waals surface area contributed by atoms with Gasteiger partial charge in [-0.05, 0) is 56.9 Å². The monoisotopic (exact) mass is 208 g/mol. The van der Waals surface area contributed by atoms with Crippen LogP contribution in [0.2, 0.25) is 0 Å². The van der Waals surface area contributed by atoms with Gasteiger partial charge in [-0.25, -0.2) is 0 Å². The SMILES string of the molecule is O=C(C1=CCCCCC1)C1(O)CCCC1. The van der Waals surface area contributed by atoms with Crippen molar-refractivity contribution >= 4 is 5.78 Å². The smallest absolute Gasteiger partial charge is 0.189 e. The zero-order valence-electron chi connectivity index (χ0n) is 9.30. The Morgan fingerprint density at radius 2 is 1.87 bits per heavy atom. The van der Waals surface area contributed by atoms with E-state index in [1.165, 1.54) is 12.8 Å². The van der Waals surface area contributed by atoms with Gasteiger partial charge in [0.25, 0.3) is 0 Å². The molecule has 0 unspecified atom stereocenters. The van der Waals surface area contributed by atoms with Crippen molar-refractivity contribution in [3.05, 3.63) is 11.6 Å². The van der Waals surface area contributed by atoms with Crippen molar-refractivity contribution in [1.82, 2.24) is 0 Å². The molecule has 1 N–H and O–H groups in total. The summed E-state index contributed by atoms with van der Waals surface area (Å²) in [5.41, 5.74) is -0.104. The molecule has 2 rings (SSSR count). The van der Waals surface area contributed by atoms with Gasteiger partial charge in [0.1, 0.15) is 5.60 Å². The predicted molar refractivity (Wildman–Crippen MR) is 59.6 cm³/mol. The van der Waals surface area contributed by atoms with Crippen LogP contribution in [0.3, 0.4) is 0 Å². The summed E-state index contributed by atoms with van der Waals surface area (Å²) in [7, 11) is 0. The Morgan fingerprint density at radius 3 is 2.60 bits per heavy atom. The number of hydrogen-bond acceptors (Lipinski definition) is 2. The van der Waals surface area contributed by atoms with Crippen LogP contribution in [0.4, 0.5) is 0 Å². The molecule has 2 aliphatic carbocycles. The molecular formula is C13H20O2. The zero-order valence-corrected chi connectivity index (χ0v) is 9.30. The fourth-order valence-corrected chi connectivity index (χ4v) is 2.71. The van der Waals surface area contributed by atoms with Crippen LogP contribution < -0.4 is 0 Å². The van der Waals surface area contributed by atoms with Crippen LogP contribution in [0.1, 0.15) is 57.8 Å². The van der Waals surface area contributed by atoms with Gasteiger partial charge >= 0.3 is 0 Å². The summed E-state index contributed by atoms with van der Waals surface area (Å²) >= 11 is 0. The van der Waals surface area contributed by atoms with Crippen molar-refractivity contribution < 1.29 is 9.90 Å². The first-order valence-corrected chi connectivity index (χ1v) is 6.19. The second-order valence-electron chi connectivity index (χ2n) is 4.90. The highest BCUT2D eigenvalue weighted by Crippen LogP contribution is 2.34. The minimum atomic E-state index is -1.00. The van der Waals surface area contributed by atoms with E-state index in [9.17, 15) is 9.90 Å². The van der Waals surface area contributed by atoms with Crippen LogP contribution in [0.5, 0.6) is 0 Å². The van der Waals surface area contributed by atoms with Crippen molar-refractivity contribution in [1.29, 1.82) is 0 Å². The van der Waals surface area contributed by atoms with Crippen LogP contribution in [0.15, 0.2) is 11.6 Å². The minimum absolute atomic E-state index is 0.0295. The lowest BCUT2D eigenvalue weighted by atomic mass is 9.89. The summed E-state index contributed by atoms with van der Waals surface area (Å²) < 4.78 is 0. The molecule has 0 amide bonds. The van der Waals surface area contributed by atoms with E-state index in [0.717, 1.165) is 37.7 Å². The van der Waals surface area contributed by atoms with Crippen molar-refractivity contribution in [3.63, 3.8) is 0 Å². The van der Waals surface area contributed by atoms with Crippen molar-refractivity contribution in [3.8, 4) is 0 Å². The van der Waals surface area contributed by atoms with E-state index in [-0.39, 0.29) is 5.78 Å². The fraction of sp³-hybridized carbons (Fsp3) is 0.769. The van der Waals surface area contributed by atoms with Crippen molar-refractivity contribution in [2.24, 2.45) is 0 Å². The predicted octanol–water partition coefficient (Wildman–Crippen LogP) is 2.75.